The molecule has 0 radical (unpaired) electrons. The molecule has 0 unspecified atom stereocenters. The van der Waals surface area contributed by atoms with Crippen LogP contribution in [0, 0.1) is 12.7 Å². The van der Waals surface area contributed by atoms with Gasteiger partial charge in [0.15, 0.2) is 0 Å². The molecule has 1 heterocycles. The number of hydrogen-bond acceptors (Lipinski definition) is 2. The predicted octanol–water partition coefficient (Wildman–Crippen LogP) is 3.52. The van der Waals surface area contributed by atoms with Crippen LogP contribution in [0.3, 0.4) is 0 Å². The van der Waals surface area contributed by atoms with Crippen molar-refractivity contribution in [1.82, 2.24) is 0 Å². The van der Waals surface area contributed by atoms with E-state index in [0.717, 1.165) is 5.56 Å². The number of nitrogens with zero attached hydrogens (tertiary/aromatic N) is 1. The molecule has 3 rings (SSSR count). The molecule has 106 valence electrons. The van der Waals surface area contributed by atoms with Crippen LogP contribution in [0.1, 0.15) is 21.5 Å². The van der Waals surface area contributed by atoms with E-state index in [1.807, 2.05) is 13.0 Å². The van der Waals surface area contributed by atoms with Gasteiger partial charge in [0.25, 0.3) is 11.7 Å². The molecule has 0 atom stereocenters. The molecular weight excluding hydrogens is 293 g/mol. The maximum Gasteiger partial charge on any atom is 0.299 e. The van der Waals surface area contributed by atoms with Crippen molar-refractivity contribution in [2.45, 2.75) is 13.5 Å². The molecule has 0 saturated heterocycles. The number of fused-ring (bicyclic) bond motifs is 1. The van der Waals surface area contributed by atoms with Crippen LogP contribution >= 0.6 is 11.6 Å². The third-order valence-electron chi connectivity index (χ3n) is 3.55. The van der Waals surface area contributed by atoms with E-state index >= 15 is 0 Å². The van der Waals surface area contributed by atoms with Gasteiger partial charge in [0.1, 0.15) is 5.82 Å². The highest BCUT2D eigenvalue weighted by molar-refractivity contribution is 6.52. The highest BCUT2D eigenvalue weighted by atomic mass is 35.5. The molecule has 0 fully saturated rings. The standard InChI is InChI=1S/C16H11ClFNO2/c1-9-4-2-6-11-14(9)19(16(21)15(11)20)8-10-5-3-7-12(17)13(10)18/h2-7H,8H2,1H3. The van der Waals surface area contributed by atoms with Crippen molar-refractivity contribution in [3.63, 3.8) is 0 Å². The van der Waals surface area contributed by atoms with E-state index in [1.54, 1.807) is 24.3 Å². The minimum absolute atomic E-state index is 0.00419. The van der Waals surface area contributed by atoms with E-state index in [9.17, 15) is 14.0 Å². The van der Waals surface area contributed by atoms with Crippen molar-refractivity contribution in [2.24, 2.45) is 0 Å². The minimum Gasteiger partial charge on any atom is -0.300 e. The molecule has 0 aliphatic carbocycles. The minimum atomic E-state index is -0.640. The van der Waals surface area contributed by atoms with Crippen molar-refractivity contribution in [1.29, 1.82) is 0 Å². The summed E-state index contributed by atoms with van der Waals surface area (Å²) >= 11 is 5.75. The van der Waals surface area contributed by atoms with Gasteiger partial charge in [-0.25, -0.2) is 4.39 Å². The van der Waals surface area contributed by atoms with E-state index in [0.29, 0.717) is 11.3 Å². The van der Waals surface area contributed by atoms with Gasteiger partial charge < -0.3 is 0 Å². The Hall–Kier alpha value is -2.20. The van der Waals surface area contributed by atoms with Crippen LogP contribution in [0.5, 0.6) is 0 Å². The van der Waals surface area contributed by atoms with E-state index in [4.69, 9.17) is 11.6 Å². The maximum atomic E-state index is 14.0. The molecule has 0 bridgehead atoms. The highest BCUT2D eigenvalue weighted by Gasteiger charge is 2.37. The topological polar surface area (TPSA) is 37.4 Å². The van der Waals surface area contributed by atoms with Crippen LogP contribution < -0.4 is 4.90 Å². The summed E-state index contributed by atoms with van der Waals surface area (Å²) in [7, 11) is 0. The summed E-state index contributed by atoms with van der Waals surface area (Å²) in [6.45, 7) is 1.79. The van der Waals surface area contributed by atoms with E-state index in [2.05, 4.69) is 0 Å². The second kappa shape index (κ2) is 4.97. The van der Waals surface area contributed by atoms with Crippen LogP contribution in [0.2, 0.25) is 5.02 Å². The quantitative estimate of drug-likeness (QED) is 0.796. The van der Waals surface area contributed by atoms with E-state index in [-0.39, 0.29) is 17.1 Å². The Labute approximate surface area is 125 Å². The molecule has 2 aromatic carbocycles. The molecule has 1 aliphatic heterocycles. The van der Waals surface area contributed by atoms with Crippen molar-refractivity contribution in [3.8, 4) is 0 Å². The normalized spacial score (nSPS) is 13.8. The zero-order chi connectivity index (χ0) is 15.1. The van der Waals surface area contributed by atoms with Gasteiger partial charge in [0.2, 0.25) is 0 Å². The number of carbonyl (C=O) groups is 2. The fourth-order valence-corrected chi connectivity index (χ4v) is 2.73. The molecule has 1 aliphatic rings. The second-order valence-electron chi connectivity index (χ2n) is 4.90. The van der Waals surface area contributed by atoms with Gasteiger partial charge in [-0.3, -0.25) is 14.5 Å². The third-order valence-corrected chi connectivity index (χ3v) is 3.84. The first kappa shape index (κ1) is 13.8. The summed E-state index contributed by atoms with van der Waals surface area (Å²) in [5.41, 5.74) is 1.99. The van der Waals surface area contributed by atoms with Gasteiger partial charge in [-0.15, -0.1) is 0 Å². The van der Waals surface area contributed by atoms with Gasteiger partial charge >= 0.3 is 0 Å². The Kier molecular flexibility index (Phi) is 3.26. The first-order valence-electron chi connectivity index (χ1n) is 6.39. The van der Waals surface area contributed by atoms with E-state index in [1.165, 1.54) is 11.0 Å². The fraction of sp³-hybridized carbons (Fsp3) is 0.125. The lowest BCUT2D eigenvalue weighted by Gasteiger charge is -2.19. The molecule has 21 heavy (non-hydrogen) atoms. The van der Waals surface area contributed by atoms with Crippen LogP contribution in [0.15, 0.2) is 36.4 Å². The van der Waals surface area contributed by atoms with Crippen LogP contribution in [-0.2, 0) is 11.3 Å². The molecule has 5 heteroatoms. The molecular formula is C16H11ClFNO2. The maximum absolute atomic E-state index is 14.0. The summed E-state index contributed by atoms with van der Waals surface area (Å²) in [5, 5.41) is -0.00419. The Bertz CT molecular complexity index is 773. The second-order valence-corrected chi connectivity index (χ2v) is 5.31. The van der Waals surface area contributed by atoms with Crippen LogP contribution in [0.4, 0.5) is 10.1 Å². The number of ketones is 1. The largest absolute Gasteiger partial charge is 0.300 e. The number of para-hydroxylation sites is 1. The molecule has 3 nitrogen and oxygen atoms in total. The smallest absolute Gasteiger partial charge is 0.299 e. The number of Topliss-reactive ketones (excluding diaryl/α,β-unsaturated/α-hetero) is 1. The zero-order valence-electron chi connectivity index (χ0n) is 11.2. The van der Waals surface area contributed by atoms with E-state index < -0.39 is 17.5 Å². The zero-order valence-corrected chi connectivity index (χ0v) is 11.9. The molecule has 0 N–H and O–H groups in total. The lowest BCUT2D eigenvalue weighted by Crippen LogP contribution is -2.29. The molecule has 0 aromatic heterocycles. The average Bonchev–Trinajstić information content (AvgIpc) is 2.70. The summed E-state index contributed by atoms with van der Waals surface area (Å²) in [4.78, 5) is 25.4. The van der Waals surface area contributed by atoms with Crippen molar-refractivity contribution >= 4 is 29.0 Å². The fourth-order valence-electron chi connectivity index (χ4n) is 2.53. The SMILES string of the molecule is Cc1cccc2c1N(Cc1cccc(Cl)c1F)C(=O)C2=O. The number of amides is 1. The van der Waals surface area contributed by atoms with Gasteiger partial charge in [-0.2, -0.15) is 0 Å². The first-order valence-corrected chi connectivity index (χ1v) is 6.77. The predicted molar refractivity (Wildman–Crippen MR) is 78.1 cm³/mol. The Morgan fingerprint density at radius 2 is 1.86 bits per heavy atom. The molecule has 2 aromatic rings. The summed E-state index contributed by atoms with van der Waals surface area (Å²) in [5.74, 6) is -1.77. The van der Waals surface area contributed by atoms with Crippen molar-refractivity contribution in [3.05, 3.63) is 63.9 Å². The van der Waals surface area contributed by atoms with Crippen molar-refractivity contribution < 1.29 is 14.0 Å². The summed E-state index contributed by atoms with van der Waals surface area (Å²) in [6.07, 6.45) is 0. The average molecular weight is 304 g/mol. The lowest BCUT2D eigenvalue weighted by atomic mass is 10.1. The van der Waals surface area contributed by atoms with Gasteiger partial charge in [0.05, 0.1) is 22.8 Å². The van der Waals surface area contributed by atoms with Crippen LogP contribution in [0.25, 0.3) is 0 Å². The number of aryl methyl sites for hydroxylation is 1. The van der Waals surface area contributed by atoms with Gasteiger partial charge in [-0.05, 0) is 24.6 Å². The van der Waals surface area contributed by atoms with Crippen molar-refractivity contribution in [2.75, 3.05) is 4.90 Å². The molecule has 0 saturated carbocycles. The van der Waals surface area contributed by atoms with Gasteiger partial charge in [-0.1, -0.05) is 35.9 Å². The number of halogens is 2. The Balaban J connectivity index is 2.07. The molecule has 0 spiro atoms. The summed E-state index contributed by atoms with van der Waals surface area (Å²) in [6, 6.07) is 9.75. The first-order chi connectivity index (χ1) is 10.0. The number of carbonyl (C=O) groups excluding carboxylic acids is 2. The monoisotopic (exact) mass is 303 g/mol. The number of benzene rings is 2. The number of anilines is 1. The summed E-state index contributed by atoms with van der Waals surface area (Å²) < 4.78 is 14.0. The number of rotatable bonds is 2. The van der Waals surface area contributed by atoms with Crippen LogP contribution in [-0.4, -0.2) is 11.7 Å². The highest BCUT2D eigenvalue weighted by Crippen LogP contribution is 2.34. The third kappa shape index (κ3) is 2.12. The molecule has 1 amide bonds. The van der Waals surface area contributed by atoms with Gasteiger partial charge in [0, 0.05) is 5.56 Å². The number of hydrogen-bond donors (Lipinski definition) is 0. The Morgan fingerprint density at radius 3 is 2.62 bits per heavy atom. The lowest BCUT2D eigenvalue weighted by molar-refractivity contribution is -0.114. The Morgan fingerprint density at radius 1 is 1.14 bits per heavy atom.